The van der Waals surface area contributed by atoms with Crippen LogP contribution in [0.1, 0.15) is 30.8 Å². The van der Waals surface area contributed by atoms with E-state index in [4.69, 9.17) is 9.47 Å². The van der Waals surface area contributed by atoms with E-state index < -0.39 is 0 Å². The van der Waals surface area contributed by atoms with E-state index in [-0.39, 0.29) is 6.10 Å². The van der Waals surface area contributed by atoms with Crippen molar-refractivity contribution >= 4 is 22.7 Å². The highest BCUT2D eigenvalue weighted by Crippen LogP contribution is 2.34. The number of hydrogen-bond donors (Lipinski definition) is 1. The van der Waals surface area contributed by atoms with Crippen molar-refractivity contribution in [1.82, 2.24) is 9.97 Å². The fourth-order valence-electron chi connectivity index (χ4n) is 2.73. The Labute approximate surface area is 152 Å². The van der Waals surface area contributed by atoms with Gasteiger partial charge in [0, 0.05) is 5.56 Å². The van der Waals surface area contributed by atoms with Gasteiger partial charge in [0.1, 0.15) is 11.9 Å². The molecule has 0 fully saturated rings. The number of aryl methyl sites for hydroxylation is 1. The second kappa shape index (κ2) is 7.32. The Morgan fingerprint density at radius 1 is 1.27 bits per heavy atom. The Kier molecular flexibility index (Phi) is 4.94. The van der Waals surface area contributed by atoms with Gasteiger partial charge < -0.3 is 14.5 Å². The monoisotopic (exact) mass is 347 g/mol. The Morgan fingerprint density at radius 3 is 2.77 bits per heavy atom. The smallest absolute Gasteiger partial charge is 0.168 e. The summed E-state index contributed by atoms with van der Waals surface area (Å²) < 4.78 is 11.3. The minimum Gasteiger partial charge on any atom is -0.493 e. The van der Waals surface area contributed by atoms with Crippen molar-refractivity contribution in [3.05, 3.63) is 53.3 Å². The predicted molar refractivity (Wildman–Crippen MR) is 103 cm³/mol. The first-order chi connectivity index (χ1) is 12.5. The first-order valence-corrected chi connectivity index (χ1v) is 8.44. The molecular formula is C21H21N3O2. The molecule has 3 aromatic rings. The zero-order valence-electron chi connectivity index (χ0n) is 15.3. The van der Waals surface area contributed by atoms with E-state index in [0.29, 0.717) is 22.9 Å². The van der Waals surface area contributed by atoms with Crippen LogP contribution < -0.4 is 9.47 Å². The van der Waals surface area contributed by atoms with E-state index >= 15 is 0 Å². The van der Waals surface area contributed by atoms with Crippen molar-refractivity contribution in [3.8, 4) is 17.6 Å². The maximum atomic E-state index is 9.67. The number of hydrogen-bond acceptors (Lipinski definition) is 4. The third kappa shape index (κ3) is 3.55. The van der Waals surface area contributed by atoms with Crippen LogP contribution in [0, 0.1) is 18.3 Å². The minimum atomic E-state index is -0.0156. The third-order valence-corrected chi connectivity index (χ3v) is 3.90. The number of ether oxygens (including phenoxy) is 2. The number of aromatic nitrogens is 2. The van der Waals surface area contributed by atoms with Crippen molar-refractivity contribution in [2.24, 2.45) is 0 Å². The number of allylic oxidation sites excluding steroid dienone is 1. The van der Waals surface area contributed by atoms with Gasteiger partial charge in [-0.05, 0) is 50.6 Å². The summed E-state index contributed by atoms with van der Waals surface area (Å²) in [5, 5.41) is 9.67. The first-order valence-electron chi connectivity index (χ1n) is 8.44. The van der Waals surface area contributed by atoms with Crippen LogP contribution in [-0.4, -0.2) is 23.2 Å². The molecule has 1 N–H and O–H groups in total. The second-order valence-corrected chi connectivity index (χ2v) is 6.32. The van der Waals surface area contributed by atoms with Crippen LogP contribution in [0.25, 0.3) is 22.7 Å². The van der Waals surface area contributed by atoms with E-state index in [1.807, 2.05) is 57.2 Å². The topological polar surface area (TPSA) is 70.9 Å². The van der Waals surface area contributed by atoms with Gasteiger partial charge in [0.2, 0.25) is 0 Å². The number of imidazole rings is 1. The lowest BCUT2D eigenvalue weighted by Gasteiger charge is -2.16. The number of nitriles is 1. The van der Waals surface area contributed by atoms with Gasteiger partial charge in [0.05, 0.1) is 29.8 Å². The zero-order chi connectivity index (χ0) is 18.7. The number of nitrogens with one attached hydrogen (secondary N) is 1. The van der Waals surface area contributed by atoms with Crippen LogP contribution in [-0.2, 0) is 0 Å². The lowest BCUT2D eigenvalue weighted by atomic mass is 10.1. The van der Waals surface area contributed by atoms with Crippen molar-refractivity contribution < 1.29 is 9.47 Å². The quantitative estimate of drug-likeness (QED) is 0.677. The van der Waals surface area contributed by atoms with Gasteiger partial charge in [0.15, 0.2) is 11.5 Å². The lowest BCUT2D eigenvalue weighted by Crippen LogP contribution is -2.08. The number of methoxy groups -OCH3 is 1. The van der Waals surface area contributed by atoms with Crippen molar-refractivity contribution in [2.75, 3.05) is 7.11 Å². The average Bonchev–Trinajstić information content (AvgIpc) is 3.03. The van der Waals surface area contributed by atoms with E-state index in [9.17, 15) is 5.26 Å². The van der Waals surface area contributed by atoms with Gasteiger partial charge in [-0.25, -0.2) is 4.98 Å². The molecule has 3 rings (SSSR count). The van der Waals surface area contributed by atoms with Crippen LogP contribution in [0.3, 0.4) is 0 Å². The highest BCUT2D eigenvalue weighted by molar-refractivity contribution is 5.91. The largest absolute Gasteiger partial charge is 0.493 e. The number of H-pyrrole nitrogens is 1. The molecule has 0 saturated carbocycles. The fourth-order valence-corrected chi connectivity index (χ4v) is 2.73. The maximum absolute atomic E-state index is 9.67. The molecule has 0 unspecified atom stereocenters. The standard InChI is InChI=1S/C21H21N3O2/c1-13(2)26-20-15(6-5-7-19(20)25-4)11-16(12-22)21-23-17-9-8-14(3)10-18(17)24-21/h5-11,13H,1-4H3,(H,23,24)/b16-11-. The zero-order valence-corrected chi connectivity index (χ0v) is 15.3. The summed E-state index contributed by atoms with van der Waals surface area (Å²) in [6.45, 7) is 5.92. The minimum absolute atomic E-state index is 0.0156. The molecule has 0 aliphatic rings. The maximum Gasteiger partial charge on any atom is 0.168 e. The number of nitrogens with zero attached hydrogens (tertiary/aromatic N) is 2. The number of para-hydroxylation sites is 1. The summed E-state index contributed by atoms with van der Waals surface area (Å²) in [6.07, 6.45) is 1.75. The SMILES string of the molecule is COc1cccc(/C=C(/C#N)c2nc3ccc(C)cc3[nH]2)c1OC(C)C. The highest BCUT2D eigenvalue weighted by atomic mass is 16.5. The summed E-state index contributed by atoms with van der Waals surface area (Å²) in [6, 6.07) is 13.8. The molecule has 132 valence electrons. The highest BCUT2D eigenvalue weighted by Gasteiger charge is 2.14. The van der Waals surface area contributed by atoms with Crippen LogP contribution in [0.4, 0.5) is 0 Å². The normalized spacial score (nSPS) is 11.6. The molecule has 0 aliphatic carbocycles. The van der Waals surface area contributed by atoms with Crippen molar-refractivity contribution in [3.63, 3.8) is 0 Å². The molecule has 0 aliphatic heterocycles. The van der Waals surface area contributed by atoms with E-state index in [0.717, 1.165) is 22.2 Å². The Morgan fingerprint density at radius 2 is 2.08 bits per heavy atom. The van der Waals surface area contributed by atoms with Crippen molar-refractivity contribution in [1.29, 1.82) is 5.26 Å². The molecule has 1 aromatic heterocycles. The Hall–Kier alpha value is -3.26. The molecular weight excluding hydrogens is 326 g/mol. The van der Waals surface area contributed by atoms with Crippen LogP contribution in [0.15, 0.2) is 36.4 Å². The lowest BCUT2D eigenvalue weighted by molar-refractivity contribution is 0.229. The summed E-state index contributed by atoms with van der Waals surface area (Å²) in [5.41, 5.74) is 4.07. The van der Waals surface area contributed by atoms with Gasteiger partial charge in [-0.3, -0.25) is 0 Å². The second-order valence-electron chi connectivity index (χ2n) is 6.32. The van der Waals surface area contributed by atoms with E-state index in [1.54, 1.807) is 13.2 Å². The fraction of sp³-hybridized carbons (Fsp3) is 0.238. The van der Waals surface area contributed by atoms with Gasteiger partial charge in [-0.15, -0.1) is 0 Å². The predicted octanol–water partition coefficient (Wildman–Crippen LogP) is 4.73. The molecule has 0 atom stereocenters. The summed E-state index contributed by atoms with van der Waals surface area (Å²) in [5.74, 6) is 1.78. The average molecular weight is 347 g/mol. The van der Waals surface area contributed by atoms with E-state index in [2.05, 4.69) is 16.0 Å². The molecule has 1 heterocycles. The summed E-state index contributed by atoms with van der Waals surface area (Å²) in [7, 11) is 1.60. The third-order valence-electron chi connectivity index (χ3n) is 3.90. The van der Waals surface area contributed by atoms with Gasteiger partial charge >= 0.3 is 0 Å². The summed E-state index contributed by atoms with van der Waals surface area (Å²) in [4.78, 5) is 7.76. The van der Waals surface area contributed by atoms with Gasteiger partial charge in [-0.1, -0.05) is 18.2 Å². The van der Waals surface area contributed by atoms with Crippen LogP contribution in [0.5, 0.6) is 11.5 Å². The molecule has 26 heavy (non-hydrogen) atoms. The van der Waals surface area contributed by atoms with Crippen LogP contribution in [0.2, 0.25) is 0 Å². The van der Waals surface area contributed by atoms with Crippen LogP contribution >= 0.6 is 0 Å². The molecule has 0 spiro atoms. The number of aromatic amines is 1. The molecule has 0 saturated heterocycles. The van der Waals surface area contributed by atoms with Crippen molar-refractivity contribution in [2.45, 2.75) is 26.9 Å². The Balaban J connectivity index is 2.10. The number of benzene rings is 2. The van der Waals surface area contributed by atoms with Gasteiger partial charge in [-0.2, -0.15) is 5.26 Å². The molecule has 5 nitrogen and oxygen atoms in total. The molecule has 2 aromatic carbocycles. The van der Waals surface area contributed by atoms with Gasteiger partial charge in [0.25, 0.3) is 0 Å². The number of rotatable bonds is 5. The first kappa shape index (κ1) is 17.6. The molecule has 0 radical (unpaired) electrons. The van der Waals surface area contributed by atoms with E-state index in [1.165, 1.54) is 0 Å². The molecule has 0 amide bonds. The molecule has 5 heteroatoms. The Bertz CT molecular complexity index is 1010. The molecule has 0 bridgehead atoms. The summed E-state index contributed by atoms with van der Waals surface area (Å²) >= 11 is 0. The number of fused-ring (bicyclic) bond motifs is 1.